The highest BCUT2D eigenvalue weighted by atomic mass is 16.1. The van der Waals surface area contributed by atoms with Crippen LogP contribution in [-0.4, -0.2) is 5.78 Å². The zero-order valence-electron chi connectivity index (χ0n) is 7.18. The summed E-state index contributed by atoms with van der Waals surface area (Å²) in [6.07, 6.45) is 3.48. The van der Waals surface area contributed by atoms with Crippen LogP contribution in [0.15, 0.2) is 11.1 Å². The minimum absolute atomic E-state index is 0.322. The molecule has 2 aliphatic carbocycles. The maximum absolute atomic E-state index is 11.5. The molecule has 11 heavy (non-hydrogen) atoms. The van der Waals surface area contributed by atoms with Crippen LogP contribution in [0.4, 0.5) is 0 Å². The molecule has 2 atom stereocenters. The average molecular weight is 150 g/mol. The summed E-state index contributed by atoms with van der Waals surface area (Å²) in [6.45, 7) is 4.19. The first-order valence-corrected chi connectivity index (χ1v) is 4.43. The van der Waals surface area contributed by atoms with Crippen LogP contribution in [0.2, 0.25) is 0 Å². The summed E-state index contributed by atoms with van der Waals surface area (Å²) in [5, 5.41) is 0. The van der Waals surface area contributed by atoms with Gasteiger partial charge in [-0.15, -0.1) is 0 Å². The summed E-state index contributed by atoms with van der Waals surface area (Å²) < 4.78 is 0. The predicted molar refractivity (Wildman–Crippen MR) is 44.2 cm³/mol. The summed E-state index contributed by atoms with van der Waals surface area (Å²) in [7, 11) is 0. The number of carbonyl (C=O) groups excluding carboxylic acids is 1. The van der Waals surface area contributed by atoms with Gasteiger partial charge in [-0.1, -0.05) is 12.5 Å². The molecule has 2 rings (SSSR count). The third-order valence-corrected chi connectivity index (χ3v) is 3.29. The molecule has 0 heterocycles. The minimum Gasteiger partial charge on any atom is -0.294 e. The van der Waals surface area contributed by atoms with Crippen LogP contribution in [0.5, 0.6) is 0 Å². The average Bonchev–Trinajstić information content (AvgIpc) is 2.24. The molecular weight excluding hydrogens is 136 g/mol. The van der Waals surface area contributed by atoms with E-state index in [1.807, 2.05) is 0 Å². The molecule has 0 aromatic heterocycles. The minimum atomic E-state index is 0.322. The van der Waals surface area contributed by atoms with E-state index >= 15 is 0 Å². The monoisotopic (exact) mass is 150 g/mol. The normalized spacial score (nSPS) is 36.7. The van der Waals surface area contributed by atoms with E-state index in [1.165, 1.54) is 12.0 Å². The Morgan fingerprint density at radius 2 is 2.18 bits per heavy atom. The van der Waals surface area contributed by atoms with Crippen LogP contribution < -0.4 is 0 Å². The van der Waals surface area contributed by atoms with E-state index in [4.69, 9.17) is 0 Å². The molecule has 0 aromatic carbocycles. The molecule has 0 aliphatic heterocycles. The Labute approximate surface area is 67.5 Å². The molecule has 1 heteroatoms. The van der Waals surface area contributed by atoms with Crippen molar-refractivity contribution in [3.05, 3.63) is 11.1 Å². The van der Waals surface area contributed by atoms with Crippen molar-refractivity contribution in [2.75, 3.05) is 0 Å². The summed E-state index contributed by atoms with van der Waals surface area (Å²) in [5.41, 5.74) is 2.52. The highest BCUT2D eigenvalue weighted by Gasteiger charge is 2.38. The van der Waals surface area contributed by atoms with Gasteiger partial charge in [-0.3, -0.25) is 4.79 Å². The quantitative estimate of drug-likeness (QED) is 0.518. The van der Waals surface area contributed by atoms with Gasteiger partial charge in [0.25, 0.3) is 0 Å². The molecule has 0 spiro atoms. The Balaban J connectivity index is 2.42. The van der Waals surface area contributed by atoms with Gasteiger partial charge < -0.3 is 0 Å². The molecule has 1 nitrogen and oxygen atoms in total. The van der Waals surface area contributed by atoms with Crippen molar-refractivity contribution >= 4 is 5.78 Å². The van der Waals surface area contributed by atoms with Gasteiger partial charge >= 0.3 is 0 Å². The van der Waals surface area contributed by atoms with Crippen molar-refractivity contribution in [2.45, 2.75) is 33.1 Å². The third-order valence-electron chi connectivity index (χ3n) is 3.29. The number of hydrogen-bond donors (Lipinski definition) is 0. The Morgan fingerprint density at radius 1 is 1.45 bits per heavy atom. The molecule has 0 amide bonds. The number of rotatable bonds is 0. The second kappa shape index (κ2) is 2.20. The first kappa shape index (κ1) is 7.08. The third kappa shape index (κ3) is 0.867. The number of hydrogen-bond acceptors (Lipinski definition) is 1. The number of fused-ring (bicyclic) bond motifs is 2. The van der Waals surface area contributed by atoms with Gasteiger partial charge in [-0.2, -0.15) is 0 Å². The molecule has 0 aromatic rings. The summed E-state index contributed by atoms with van der Waals surface area (Å²) in [6, 6.07) is 0. The van der Waals surface area contributed by atoms with Gasteiger partial charge in [0.1, 0.15) is 0 Å². The lowest BCUT2D eigenvalue weighted by Crippen LogP contribution is -2.08. The molecule has 1 saturated carbocycles. The largest absolute Gasteiger partial charge is 0.294 e. The van der Waals surface area contributed by atoms with Gasteiger partial charge in [0.15, 0.2) is 5.78 Å². The summed E-state index contributed by atoms with van der Waals surface area (Å²) in [4.78, 5) is 11.5. The van der Waals surface area contributed by atoms with Crippen molar-refractivity contribution < 1.29 is 4.79 Å². The van der Waals surface area contributed by atoms with Crippen LogP contribution >= 0.6 is 0 Å². The van der Waals surface area contributed by atoms with Gasteiger partial charge in [0, 0.05) is 5.92 Å². The van der Waals surface area contributed by atoms with Crippen LogP contribution in [0.1, 0.15) is 33.1 Å². The first-order valence-electron chi connectivity index (χ1n) is 4.43. The van der Waals surface area contributed by atoms with E-state index in [2.05, 4.69) is 13.8 Å². The van der Waals surface area contributed by atoms with Crippen molar-refractivity contribution in [1.82, 2.24) is 0 Å². The number of Topliss-reactive ketones (excluding diaryl/α,β-unsaturated/α-hetero) is 1. The zero-order chi connectivity index (χ0) is 8.01. The van der Waals surface area contributed by atoms with Crippen LogP contribution in [0, 0.1) is 11.8 Å². The molecule has 0 radical (unpaired) electrons. The highest BCUT2D eigenvalue weighted by molar-refractivity contribution is 6.00. The van der Waals surface area contributed by atoms with Crippen LogP contribution in [0.3, 0.4) is 0 Å². The Bertz CT molecular complexity index is 237. The lowest BCUT2D eigenvalue weighted by Gasteiger charge is -2.15. The smallest absolute Gasteiger partial charge is 0.161 e. The topological polar surface area (TPSA) is 17.1 Å². The fraction of sp³-hybridized carbons (Fsp3) is 0.700. The number of carbonyl (C=O) groups is 1. The van der Waals surface area contributed by atoms with Crippen molar-refractivity contribution in [1.29, 1.82) is 0 Å². The van der Waals surface area contributed by atoms with Gasteiger partial charge in [0.05, 0.1) is 0 Å². The fourth-order valence-electron chi connectivity index (χ4n) is 2.32. The zero-order valence-corrected chi connectivity index (χ0v) is 7.18. The van der Waals surface area contributed by atoms with Crippen molar-refractivity contribution in [2.24, 2.45) is 11.8 Å². The molecule has 2 aliphatic rings. The standard InChI is InChI=1S/C10H14O/c1-6-3-4-8-5-9(6)10(11)7(8)2/h7-8H,3-5H2,1-2H3. The highest BCUT2D eigenvalue weighted by Crippen LogP contribution is 2.42. The van der Waals surface area contributed by atoms with E-state index in [9.17, 15) is 4.79 Å². The second-order valence-corrected chi connectivity index (χ2v) is 3.91. The maximum Gasteiger partial charge on any atom is 0.161 e. The lowest BCUT2D eigenvalue weighted by molar-refractivity contribution is -0.117. The molecule has 0 saturated heterocycles. The van der Waals surface area contributed by atoms with Crippen LogP contribution in [0.25, 0.3) is 0 Å². The lowest BCUT2D eigenvalue weighted by atomic mass is 9.89. The second-order valence-electron chi connectivity index (χ2n) is 3.91. The summed E-state index contributed by atoms with van der Waals surface area (Å²) >= 11 is 0. The maximum atomic E-state index is 11.5. The van der Waals surface area contributed by atoms with E-state index in [-0.39, 0.29) is 0 Å². The van der Waals surface area contributed by atoms with Gasteiger partial charge in [-0.05, 0) is 37.7 Å². The number of ketones is 1. The van der Waals surface area contributed by atoms with Crippen molar-refractivity contribution in [3.63, 3.8) is 0 Å². The molecule has 2 bridgehead atoms. The van der Waals surface area contributed by atoms with E-state index in [1.54, 1.807) is 0 Å². The Morgan fingerprint density at radius 3 is 2.82 bits per heavy atom. The predicted octanol–water partition coefficient (Wildman–Crippen LogP) is 2.32. The van der Waals surface area contributed by atoms with Crippen LogP contribution in [-0.2, 0) is 4.79 Å². The molecular formula is C10H14O. The SMILES string of the molecule is CC1=C2CC(CC1)C(C)C2=O. The van der Waals surface area contributed by atoms with E-state index in [0.29, 0.717) is 17.6 Å². The first-order chi connectivity index (χ1) is 5.20. The van der Waals surface area contributed by atoms with E-state index < -0.39 is 0 Å². The van der Waals surface area contributed by atoms with Gasteiger partial charge in [0.2, 0.25) is 0 Å². The van der Waals surface area contributed by atoms with Crippen molar-refractivity contribution in [3.8, 4) is 0 Å². The molecule has 0 N–H and O–H groups in total. The Kier molecular flexibility index (Phi) is 1.41. The molecule has 2 unspecified atom stereocenters. The van der Waals surface area contributed by atoms with E-state index in [0.717, 1.165) is 18.4 Å². The number of allylic oxidation sites excluding steroid dienone is 2. The molecule has 60 valence electrons. The van der Waals surface area contributed by atoms with Gasteiger partial charge in [-0.25, -0.2) is 0 Å². The molecule has 1 fully saturated rings. The Hall–Kier alpha value is -0.590. The summed E-state index contributed by atoms with van der Waals surface area (Å²) in [5.74, 6) is 1.44. The fourth-order valence-corrected chi connectivity index (χ4v) is 2.32.